The quantitative estimate of drug-likeness (QED) is 0.566. The van der Waals surface area contributed by atoms with Crippen molar-refractivity contribution in [2.24, 2.45) is 4.99 Å². The van der Waals surface area contributed by atoms with Gasteiger partial charge >= 0.3 is 0 Å². The molecular formula is C11H10N4O2S. The van der Waals surface area contributed by atoms with Crippen LogP contribution >= 0.6 is 12.2 Å². The van der Waals surface area contributed by atoms with Crippen molar-refractivity contribution in [3.8, 4) is 5.88 Å². The summed E-state index contributed by atoms with van der Waals surface area (Å²) in [5.41, 5.74) is 0.371. The lowest BCUT2D eigenvalue weighted by molar-refractivity contribution is 0.449. The van der Waals surface area contributed by atoms with E-state index in [-0.39, 0.29) is 16.2 Å². The van der Waals surface area contributed by atoms with Crippen LogP contribution in [-0.4, -0.2) is 26.3 Å². The van der Waals surface area contributed by atoms with Gasteiger partial charge in [-0.25, -0.2) is 9.98 Å². The molecular weight excluding hydrogens is 252 g/mol. The Morgan fingerprint density at radius 3 is 2.94 bits per heavy atom. The van der Waals surface area contributed by atoms with Crippen LogP contribution < -0.4 is 5.56 Å². The zero-order chi connectivity index (χ0) is 13.1. The first-order chi connectivity index (χ1) is 8.58. The van der Waals surface area contributed by atoms with Gasteiger partial charge in [0.25, 0.3) is 5.56 Å². The zero-order valence-electron chi connectivity index (χ0n) is 9.47. The van der Waals surface area contributed by atoms with Gasteiger partial charge in [-0.1, -0.05) is 6.07 Å². The molecule has 6 nitrogen and oxygen atoms in total. The fraction of sp³-hybridized carbons (Fsp3) is 0.0909. The largest absolute Gasteiger partial charge is 0.494 e. The number of aryl methyl sites for hydroxylation is 1. The highest BCUT2D eigenvalue weighted by Crippen LogP contribution is 2.13. The van der Waals surface area contributed by atoms with Gasteiger partial charge in [0.05, 0.1) is 0 Å². The van der Waals surface area contributed by atoms with E-state index in [9.17, 15) is 9.90 Å². The molecule has 0 spiro atoms. The van der Waals surface area contributed by atoms with Crippen LogP contribution in [0.3, 0.4) is 0 Å². The topological polar surface area (TPSA) is 94.1 Å². The minimum absolute atomic E-state index is 0.00801. The van der Waals surface area contributed by atoms with Crippen molar-refractivity contribution in [3.63, 3.8) is 0 Å². The molecule has 2 aromatic heterocycles. The molecule has 0 radical (unpaired) electrons. The van der Waals surface area contributed by atoms with Crippen LogP contribution in [0.2, 0.25) is 0 Å². The van der Waals surface area contributed by atoms with E-state index in [4.69, 9.17) is 12.2 Å². The molecule has 0 aliphatic rings. The van der Waals surface area contributed by atoms with Gasteiger partial charge in [0.2, 0.25) is 5.88 Å². The summed E-state index contributed by atoms with van der Waals surface area (Å²) < 4.78 is 0.0590. The summed E-state index contributed by atoms with van der Waals surface area (Å²) in [6.07, 6.45) is 2.84. The summed E-state index contributed by atoms with van der Waals surface area (Å²) in [5.74, 6) is 0.167. The smallest absolute Gasteiger partial charge is 0.264 e. The molecule has 92 valence electrons. The molecule has 2 rings (SSSR count). The Morgan fingerprint density at radius 1 is 1.50 bits per heavy atom. The number of nitrogens with zero attached hydrogens (tertiary/aromatic N) is 2. The molecule has 0 aliphatic carbocycles. The van der Waals surface area contributed by atoms with Gasteiger partial charge in [0, 0.05) is 12.4 Å². The van der Waals surface area contributed by atoms with Crippen LogP contribution in [0.4, 0.5) is 5.82 Å². The molecule has 0 aliphatic heterocycles. The van der Waals surface area contributed by atoms with Crippen molar-refractivity contribution >= 4 is 24.3 Å². The lowest BCUT2D eigenvalue weighted by Crippen LogP contribution is -2.13. The standard InChI is InChI=1S/C11H10N4O2S/c1-6-3-2-4-12-8(6)13-5-7-9(16)14-11(18)15-10(7)17/h2-5H,1H3,(H3,14,15,16,17,18)/b13-5+. The maximum Gasteiger partial charge on any atom is 0.264 e. The summed E-state index contributed by atoms with van der Waals surface area (Å²) in [6, 6.07) is 3.64. The third kappa shape index (κ3) is 2.51. The summed E-state index contributed by atoms with van der Waals surface area (Å²) in [5, 5.41) is 9.57. The molecule has 0 unspecified atom stereocenters. The average Bonchev–Trinajstić information content (AvgIpc) is 2.30. The Labute approximate surface area is 107 Å². The molecule has 0 aromatic carbocycles. The first-order valence-electron chi connectivity index (χ1n) is 5.09. The molecule has 18 heavy (non-hydrogen) atoms. The van der Waals surface area contributed by atoms with Gasteiger partial charge in [-0.15, -0.1) is 0 Å². The Morgan fingerprint density at radius 2 is 2.28 bits per heavy atom. The Kier molecular flexibility index (Phi) is 3.33. The van der Waals surface area contributed by atoms with Gasteiger partial charge in [-0.2, -0.15) is 0 Å². The SMILES string of the molecule is Cc1cccnc1/N=C/c1c(O)[nH]c(=S)[nH]c1=O. The summed E-state index contributed by atoms with van der Waals surface area (Å²) in [4.78, 5) is 24.5. The second-order valence-electron chi connectivity index (χ2n) is 3.57. The number of pyridine rings is 1. The summed E-state index contributed by atoms with van der Waals surface area (Å²) in [6.45, 7) is 1.85. The molecule has 2 aromatic rings. The van der Waals surface area contributed by atoms with Crippen LogP contribution in [0, 0.1) is 11.7 Å². The van der Waals surface area contributed by atoms with Gasteiger partial charge in [-0.3, -0.25) is 9.78 Å². The number of nitrogens with one attached hydrogen (secondary N) is 2. The molecule has 0 amide bonds. The normalized spacial score (nSPS) is 10.9. The Bertz CT molecular complexity index is 717. The van der Waals surface area contributed by atoms with Gasteiger partial charge in [0.1, 0.15) is 5.56 Å². The van der Waals surface area contributed by atoms with Crippen molar-refractivity contribution < 1.29 is 5.11 Å². The maximum absolute atomic E-state index is 11.6. The highest BCUT2D eigenvalue weighted by atomic mass is 32.1. The van der Waals surface area contributed by atoms with E-state index in [0.717, 1.165) is 5.56 Å². The molecule has 0 atom stereocenters. The number of hydrogen-bond donors (Lipinski definition) is 3. The summed E-state index contributed by atoms with van der Waals surface area (Å²) in [7, 11) is 0. The molecule has 0 saturated heterocycles. The van der Waals surface area contributed by atoms with Crippen LogP contribution in [0.1, 0.15) is 11.1 Å². The molecule has 2 heterocycles. The third-order valence-corrected chi connectivity index (χ3v) is 2.46. The van der Waals surface area contributed by atoms with E-state index in [1.165, 1.54) is 6.21 Å². The zero-order valence-corrected chi connectivity index (χ0v) is 10.3. The molecule has 0 fully saturated rings. The second-order valence-corrected chi connectivity index (χ2v) is 3.98. The Balaban J connectivity index is 2.45. The van der Waals surface area contributed by atoms with Crippen molar-refractivity contribution in [2.45, 2.75) is 6.92 Å². The van der Waals surface area contributed by atoms with Gasteiger partial charge < -0.3 is 10.1 Å². The van der Waals surface area contributed by atoms with E-state index in [1.54, 1.807) is 12.3 Å². The minimum Gasteiger partial charge on any atom is -0.494 e. The lowest BCUT2D eigenvalue weighted by atomic mass is 10.3. The molecule has 7 heteroatoms. The Hall–Kier alpha value is -2.28. The first kappa shape index (κ1) is 12.2. The summed E-state index contributed by atoms with van der Waals surface area (Å²) >= 11 is 4.72. The first-order valence-corrected chi connectivity index (χ1v) is 5.50. The maximum atomic E-state index is 11.6. The van der Waals surface area contributed by atoms with Crippen molar-refractivity contribution in [1.29, 1.82) is 0 Å². The van der Waals surface area contributed by atoms with Crippen LogP contribution in [0.15, 0.2) is 28.1 Å². The van der Waals surface area contributed by atoms with E-state index < -0.39 is 5.56 Å². The van der Waals surface area contributed by atoms with E-state index in [1.807, 2.05) is 13.0 Å². The number of aromatic hydroxyl groups is 1. The number of hydrogen-bond acceptors (Lipinski definition) is 5. The van der Waals surface area contributed by atoms with E-state index >= 15 is 0 Å². The van der Waals surface area contributed by atoms with Crippen LogP contribution in [0.25, 0.3) is 0 Å². The third-order valence-electron chi connectivity index (χ3n) is 2.26. The van der Waals surface area contributed by atoms with Crippen LogP contribution in [0.5, 0.6) is 5.88 Å². The van der Waals surface area contributed by atoms with Gasteiger partial charge in [0.15, 0.2) is 10.6 Å². The van der Waals surface area contributed by atoms with E-state index in [2.05, 4.69) is 19.9 Å². The van der Waals surface area contributed by atoms with Crippen molar-refractivity contribution in [1.82, 2.24) is 15.0 Å². The average molecular weight is 262 g/mol. The predicted octanol–water partition coefficient (Wildman–Crippen LogP) is 1.59. The highest BCUT2D eigenvalue weighted by Gasteiger charge is 2.04. The van der Waals surface area contributed by atoms with Crippen LogP contribution in [-0.2, 0) is 0 Å². The monoisotopic (exact) mass is 262 g/mol. The number of aliphatic imine (C=N–C) groups is 1. The van der Waals surface area contributed by atoms with Crippen molar-refractivity contribution in [2.75, 3.05) is 0 Å². The lowest BCUT2D eigenvalue weighted by Gasteiger charge is -1.98. The molecule has 0 saturated carbocycles. The number of aromatic nitrogens is 3. The fourth-order valence-electron chi connectivity index (χ4n) is 1.34. The highest BCUT2D eigenvalue weighted by molar-refractivity contribution is 7.71. The predicted molar refractivity (Wildman–Crippen MR) is 70.1 cm³/mol. The molecule has 0 bridgehead atoms. The number of rotatable bonds is 2. The van der Waals surface area contributed by atoms with Crippen molar-refractivity contribution in [3.05, 3.63) is 44.6 Å². The van der Waals surface area contributed by atoms with Gasteiger partial charge in [-0.05, 0) is 30.8 Å². The molecule has 3 N–H and O–H groups in total. The number of H-pyrrole nitrogens is 2. The number of aromatic amines is 2. The fourth-order valence-corrected chi connectivity index (χ4v) is 1.53. The minimum atomic E-state index is -0.506. The van der Waals surface area contributed by atoms with E-state index in [0.29, 0.717) is 5.82 Å². The second kappa shape index (κ2) is 4.92.